The number of carbonyl (C=O) groups is 2. The van der Waals surface area contributed by atoms with Gasteiger partial charge in [-0.15, -0.1) is 11.3 Å². The summed E-state index contributed by atoms with van der Waals surface area (Å²) < 4.78 is 0. The third-order valence-electron chi connectivity index (χ3n) is 5.01. The minimum Gasteiger partial charge on any atom is -0.383 e. The van der Waals surface area contributed by atoms with Gasteiger partial charge in [-0.1, -0.05) is 36.7 Å². The van der Waals surface area contributed by atoms with Gasteiger partial charge in [0, 0.05) is 33.3 Å². The second-order valence-electron chi connectivity index (χ2n) is 7.52. The quantitative estimate of drug-likeness (QED) is 0.300. The summed E-state index contributed by atoms with van der Waals surface area (Å²) in [6, 6.07) is 13.8. The van der Waals surface area contributed by atoms with Crippen LogP contribution in [0.15, 0.2) is 54.9 Å². The number of hydrogen-bond donors (Lipinski definition) is 4. The topological polar surface area (TPSA) is 136 Å². The van der Waals surface area contributed by atoms with E-state index >= 15 is 0 Å². The number of hydrogen-bond acceptors (Lipinski definition) is 6. The number of nitrogens with zero attached hydrogens (tertiary/aromatic N) is 2. The first-order chi connectivity index (χ1) is 15.8. The third-order valence-corrected chi connectivity index (χ3v) is 6.58. The molecule has 3 amide bonds. The van der Waals surface area contributed by atoms with Crippen LogP contribution in [0.3, 0.4) is 0 Å². The Balaban J connectivity index is 1.62. The molecule has 0 radical (unpaired) electrons. The minimum atomic E-state index is -0.389. The Labute approximate surface area is 199 Å². The summed E-state index contributed by atoms with van der Waals surface area (Å²) in [4.78, 5) is 34.0. The maximum absolute atomic E-state index is 12.3. The molecule has 0 saturated carbocycles. The van der Waals surface area contributed by atoms with Gasteiger partial charge in [0.15, 0.2) is 0 Å². The molecule has 0 saturated heterocycles. The van der Waals surface area contributed by atoms with Gasteiger partial charge in [-0.3, -0.25) is 4.79 Å². The fraction of sp³-hybridized carbons (Fsp3) is 0.130. The summed E-state index contributed by atoms with van der Waals surface area (Å²) in [5.41, 5.74) is 14.5. The SMILES string of the molecule is CC(CC(N)=O)c1sc2ncnc(N)c2c1-c1ccc(NC(=O)Nc2cccc(Cl)c2)cc1. The highest BCUT2D eigenvalue weighted by Gasteiger charge is 2.22. The van der Waals surface area contributed by atoms with Gasteiger partial charge < -0.3 is 22.1 Å². The van der Waals surface area contributed by atoms with E-state index in [-0.39, 0.29) is 24.3 Å². The zero-order valence-electron chi connectivity index (χ0n) is 17.6. The number of thiophene rings is 1. The number of fused-ring (bicyclic) bond motifs is 1. The molecule has 33 heavy (non-hydrogen) atoms. The summed E-state index contributed by atoms with van der Waals surface area (Å²) in [6.07, 6.45) is 1.63. The Hall–Kier alpha value is -3.69. The zero-order valence-corrected chi connectivity index (χ0v) is 19.2. The van der Waals surface area contributed by atoms with Gasteiger partial charge in [-0.2, -0.15) is 0 Å². The summed E-state index contributed by atoms with van der Waals surface area (Å²) in [5, 5.41) is 6.81. The average molecular weight is 481 g/mol. The van der Waals surface area contributed by atoms with Crippen LogP contribution in [-0.4, -0.2) is 21.9 Å². The number of rotatable bonds is 6. The molecule has 1 atom stereocenters. The van der Waals surface area contributed by atoms with Crippen LogP contribution in [0, 0.1) is 0 Å². The molecule has 0 fully saturated rings. The molecular weight excluding hydrogens is 460 g/mol. The van der Waals surface area contributed by atoms with Crippen LogP contribution in [0.2, 0.25) is 5.02 Å². The van der Waals surface area contributed by atoms with Gasteiger partial charge in [0.1, 0.15) is 17.0 Å². The smallest absolute Gasteiger partial charge is 0.323 e. The Kier molecular flexibility index (Phi) is 6.43. The summed E-state index contributed by atoms with van der Waals surface area (Å²) in [6.45, 7) is 1.94. The fourth-order valence-corrected chi connectivity index (χ4v) is 4.99. The fourth-order valence-electron chi connectivity index (χ4n) is 3.58. The molecule has 2 aromatic heterocycles. The van der Waals surface area contributed by atoms with E-state index in [0.717, 1.165) is 26.2 Å². The highest BCUT2D eigenvalue weighted by Crippen LogP contribution is 2.44. The van der Waals surface area contributed by atoms with Crippen molar-refractivity contribution in [3.8, 4) is 11.1 Å². The molecule has 168 valence electrons. The van der Waals surface area contributed by atoms with Crippen LogP contribution >= 0.6 is 22.9 Å². The zero-order chi connectivity index (χ0) is 23.5. The molecule has 0 aliphatic carbocycles. The van der Waals surface area contributed by atoms with E-state index in [4.69, 9.17) is 23.1 Å². The van der Waals surface area contributed by atoms with Crippen LogP contribution in [0.25, 0.3) is 21.3 Å². The van der Waals surface area contributed by atoms with E-state index in [1.165, 1.54) is 17.7 Å². The molecule has 8 nitrogen and oxygen atoms in total. The maximum atomic E-state index is 12.3. The second kappa shape index (κ2) is 9.43. The van der Waals surface area contributed by atoms with Crippen molar-refractivity contribution >= 4 is 62.3 Å². The molecule has 0 spiro atoms. The normalized spacial score (nSPS) is 11.8. The van der Waals surface area contributed by atoms with E-state index in [0.29, 0.717) is 22.2 Å². The van der Waals surface area contributed by atoms with Gasteiger partial charge in [0.2, 0.25) is 5.91 Å². The molecule has 4 rings (SSSR count). The summed E-state index contributed by atoms with van der Waals surface area (Å²) in [5.74, 6) is -0.125. The van der Waals surface area contributed by atoms with Crippen LogP contribution < -0.4 is 22.1 Å². The number of carbonyl (C=O) groups excluding carboxylic acids is 2. The molecule has 4 aromatic rings. The maximum Gasteiger partial charge on any atom is 0.323 e. The standard InChI is InChI=1S/C23H21ClN6O2S/c1-12(9-17(25)31)20-18(19-21(26)27-11-28-22(19)33-20)13-5-7-15(8-6-13)29-23(32)30-16-4-2-3-14(24)10-16/h2-8,10-12H,9H2,1H3,(H2,25,31)(H2,26,27,28)(H2,29,30,32). The Bertz CT molecular complexity index is 1340. The molecule has 2 aromatic carbocycles. The lowest BCUT2D eigenvalue weighted by molar-refractivity contribution is -0.118. The number of aromatic nitrogens is 2. The molecule has 1 unspecified atom stereocenters. The first-order valence-corrected chi connectivity index (χ1v) is 11.3. The van der Waals surface area contributed by atoms with Crippen molar-refractivity contribution in [2.24, 2.45) is 5.73 Å². The van der Waals surface area contributed by atoms with Crippen LogP contribution in [-0.2, 0) is 4.79 Å². The lowest BCUT2D eigenvalue weighted by Crippen LogP contribution is -2.19. The van der Waals surface area contributed by atoms with Crippen molar-refractivity contribution in [2.75, 3.05) is 16.4 Å². The minimum absolute atomic E-state index is 0.114. The Morgan fingerprint density at radius 2 is 1.82 bits per heavy atom. The van der Waals surface area contributed by atoms with Gasteiger partial charge in [0.25, 0.3) is 0 Å². The number of halogens is 1. The Morgan fingerprint density at radius 1 is 1.09 bits per heavy atom. The van der Waals surface area contributed by atoms with Crippen LogP contribution in [0.5, 0.6) is 0 Å². The predicted molar refractivity (Wildman–Crippen MR) is 134 cm³/mol. The van der Waals surface area contributed by atoms with Gasteiger partial charge in [0.05, 0.1) is 5.39 Å². The van der Waals surface area contributed by atoms with E-state index in [1.807, 2.05) is 19.1 Å². The van der Waals surface area contributed by atoms with Crippen LogP contribution in [0.1, 0.15) is 24.1 Å². The molecule has 10 heteroatoms. The van der Waals surface area contributed by atoms with Crippen molar-refractivity contribution in [2.45, 2.75) is 19.3 Å². The lowest BCUT2D eigenvalue weighted by atomic mass is 9.95. The van der Waals surface area contributed by atoms with Gasteiger partial charge in [-0.05, 0) is 41.8 Å². The predicted octanol–water partition coefficient (Wildman–Crippen LogP) is 5.22. The van der Waals surface area contributed by atoms with Crippen molar-refractivity contribution in [1.29, 1.82) is 0 Å². The van der Waals surface area contributed by atoms with Gasteiger partial charge in [-0.25, -0.2) is 14.8 Å². The van der Waals surface area contributed by atoms with E-state index in [2.05, 4.69) is 20.6 Å². The molecule has 6 N–H and O–H groups in total. The summed E-state index contributed by atoms with van der Waals surface area (Å²) >= 11 is 7.43. The number of nitrogens with one attached hydrogen (secondary N) is 2. The number of primary amides is 1. The first kappa shape index (κ1) is 22.5. The van der Waals surface area contributed by atoms with Crippen molar-refractivity contribution in [3.63, 3.8) is 0 Å². The first-order valence-electron chi connectivity index (χ1n) is 10.1. The number of urea groups is 1. The number of benzene rings is 2. The van der Waals surface area contributed by atoms with Gasteiger partial charge >= 0.3 is 6.03 Å². The van der Waals surface area contributed by atoms with E-state index in [1.54, 1.807) is 36.4 Å². The monoisotopic (exact) mass is 480 g/mol. The highest BCUT2D eigenvalue weighted by atomic mass is 35.5. The van der Waals surface area contributed by atoms with Crippen molar-refractivity contribution in [1.82, 2.24) is 9.97 Å². The number of amides is 3. The lowest BCUT2D eigenvalue weighted by Gasteiger charge is -2.12. The molecular formula is C23H21ClN6O2S. The molecule has 0 aliphatic heterocycles. The van der Waals surface area contributed by atoms with Crippen LogP contribution in [0.4, 0.5) is 22.0 Å². The average Bonchev–Trinajstić information content (AvgIpc) is 3.15. The highest BCUT2D eigenvalue weighted by molar-refractivity contribution is 7.19. The molecule has 0 aliphatic rings. The molecule has 2 heterocycles. The molecule has 0 bridgehead atoms. The third kappa shape index (κ3) is 5.05. The Morgan fingerprint density at radius 3 is 2.52 bits per heavy atom. The van der Waals surface area contributed by atoms with E-state index < -0.39 is 0 Å². The van der Waals surface area contributed by atoms with E-state index in [9.17, 15) is 9.59 Å². The second-order valence-corrected chi connectivity index (χ2v) is 8.99. The largest absolute Gasteiger partial charge is 0.383 e. The number of nitrogen functional groups attached to an aromatic ring is 1. The number of nitrogens with two attached hydrogens (primary N) is 2. The van der Waals surface area contributed by atoms with Crippen molar-refractivity contribution in [3.05, 3.63) is 64.8 Å². The summed E-state index contributed by atoms with van der Waals surface area (Å²) in [7, 11) is 0. The number of anilines is 3. The van der Waals surface area contributed by atoms with Crippen molar-refractivity contribution < 1.29 is 9.59 Å².